The van der Waals surface area contributed by atoms with E-state index < -0.39 is 26.8 Å². The van der Waals surface area contributed by atoms with E-state index in [-0.39, 0.29) is 31.0 Å². The number of carbonyl (C=O) groups is 2. The zero-order chi connectivity index (χ0) is 8.44. The first kappa shape index (κ1) is 14.0. The number of ketones is 1. The average molecular weight is 192 g/mol. The summed E-state index contributed by atoms with van der Waals surface area (Å²) in [4.78, 5) is 19.9. The van der Waals surface area contributed by atoms with Gasteiger partial charge in [-0.3, -0.25) is 9.59 Å². The van der Waals surface area contributed by atoms with Crippen molar-refractivity contribution in [3.05, 3.63) is 0 Å². The Kier molecular flexibility index (Phi) is 4.93. The van der Waals surface area contributed by atoms with Crippen LogP contribution >= 0.6 is 0 Å². The number of Topliss-reactive ketones (excluding diaryl/α,β-unsaturated/α-hetero) is 1. The maximum absolute atomic E-state index is 10.5. The summed E-state index contributed by atoms with van der Waals surface area (Å²) in [5.74, 6) is -1.74. The van der Waals surface area contributed by atoms with E-state index in [1.54, 1.807) is 0 Å². The fourth-order valence-corrected chi connectivity index (χ4v) is 1.25. The van der Waals surface area contributed by atoms with Crippen LogP contribution in [0, 0.1) is 0 Å². The normalized spacial score (nSPS) is 13.9. The molecule has 0 aromatic carbocycles. The van der Waals surface area contributed by atoms with Crippen LogP contribution in [0.5, 0.6) is 0 Å². The van der Waals surface area contributed by atoms with E-state index in [1.165, 1.54) is 0 Å². The van der Waals surface area contributed by atoms with E-state index in [0.717, 1.165) is 6.92 Å². The monoisotopic (exact) mass is 192 g/mol. The van der Waals surface area contributed by atoms with Gasteiger partial charge in [0, 0.05) is 0 Å². The van der Waals surface area contributed by atoms with Gasteiger partial charge in [0.1, 0.15) is 21.2 Å². The quantitative estimate of drug-likeness (QED) is 0.360. The Morgan fingerprint density at radius 3 is 2.09 bits per heavy atom. The SMILES string of the molecule is CC(=O)CS(=O)(O)(O)C=O.[H-].[Na+]. The molecule has 2 N–H and O–H groups in total. The van der Waals surface area contributed by atoms with Crippen molar-refractivity contribution in [3.63, 3.8) is 0 Å². The summed E-state index contributed by atoms with van der Waals surface area (Å²) in [7, 11) is -5.25. The van der Waals surface area contributed by atoms with Gasteiger partial charge in [0.25, 0.3) is 0 Å². The largest absolute Gasteiger partial charge is 1.00 e. The zero-order valence-electron chi connectivity index (χ0n) is 7.31. The van der Waals surface area contributed by atoms with Crippen LogP contribution in [0.2, 0.25) is 0 Å². The maximum atomic E-state index is 10.5. The Hall–Kier alpha value is 0.410. The Bertz CT molecular complexity index is 234. The molecule has 0 saturated heterocycles. The third kappa shape index (κ3) is 6.79. The number of rotatable bonds is 3. The molecule has 0 bridgehead atoms. The van der Waals surface area contributed by atoms with E-state index in [4.69, 9.17) is 9.11 Å². The van der Waals surface area contributed by atoms with Crippen molar-refractivity contribution in [2.75, 3.05) is 5.75 Å². The molecule has 0 aliphatic heterocycles. The van der Waals surface area contributed by atoms with Gasteiger partial charge in [0.15, 0.2) is 0 Å². The van der Waals surface area contributed by atoms with Gasteiger partial charge in [-0.05, 0) is 6.92 Å². The first-order valence-electron chi connectivity index (χ1n) is 2.35. The maximum Gasteiger partial charge on any atom is 1.00 e. The van der Waals surface area contributed by atoms with Crippen molar-refractivity contribution < 1.29 is 53.9 Å². The molecule has 0 aromatic heterocycles. The Morgan fingerprint density at radius 2 is 2.00 bits per heavy atom. The van der Waals surface area contributed by atoms with Crippen molar-refractivity contribution in [3.8, 4) is 0 Å². The molecule has 0 spiro atoms. The molecular formula is C4H9NaO5S. The first-order valence-corrected chi connectivity index (χ1v) is 4.46. The molecule has 62 valence electrons. The molecule has 0 heterocycles. The molecular weight excluding hydrogens is 183 g/mol. The van der Waals surface area contributed by atoms with Crippen LogP contribution in [0.15, 0.2) is 0 Å². The van der Waals surface area contributed by atoms with Gasteiger partial charge in [-0.2, -0.15) is 0 Å². The van der Waals surface area contributed by atoms with E-state index in [0.29, 0.717) is 0 Å². The zero-order valence-corrected chi connectivity index (χ0v) is 9.13. The molecule has 0 amide bonds. The van der Waals surface area contributed by atoms with Crippen molar-refractivity contribution >= 4 is 21.0 Å². The first-order chi connectivity index (χ1) is 4.24. The fraction of sp³-hybridized carbons (Fsp3) is 0.500. The smallest absolute Gasteiger partial charge is 1.00 e. The van der Waals surface area contributed by atoms with Crippen LogP contribution in [-0.4, -0.2) is 30.5 Å². The van der Waals surface area contributed by atoms with Crippen molar-refractivity contribution in [2.24, 2.45) is 0 Å². The summed E-state index contributed by atoms with van der Waals surface area (Å²) >= 11 is 0. The Morgan fingerprint density at radius 1 is 1.64 bits per heavy atom. The number of hydrogen-bond acceptors (Lipinski definition) is 3. The molecule has 0 radical (unpaired) electrons. The second kappa shape index (κ2) is 3.88. The summed E-state index contributed by atoms with van der Waals surface area (Å²) in [6.45, 7) is 1.00. The van der Waals surface area contributed by atoms with E-state index in [1.807, 2.05) is 0 Å². The Labute approximate surface area is 87.4 Å². The predicted octanol–water partition coefficient (Wildman–Crippen LogP) is -3.35. The molecule has 0 atom stereocenters. The standard InChI is InChI=1S/C4H8O5S.Na.H/c1-4(6)2-10(7,8,9)3-5;;/h3H,2H2,1H3,(H2,7,8,9);;/q;+1;-1. The second-order valence-electron chi connectivity index (χ2n) is 2.02. The average Bonchev–Trinajstić information content (AvgIpc) is 1.61. The summed E-state index contributed by atoms with van der Waals surface area (Å²) in [6.07, 6.45) is 0. The van der Waals surface area contributed by atoms with E-state index >= 15 is 0 Å². The molecule has 0 fully saturated rings. The molecule has 5 nitrogen and oxygen atoms in total. The van der Waals surface area contributed by atoms with Crippen molar-refractivity contribution in [1.29, 1.82) is 0 Å². The molecule has 0 rings (SSSR count). The van der Waals surface area contributed by atoms with Crippen LogP contribution in [0.1, 0.15) is 8.35 Å². The molecule has 7 heteroatoms. The van der Waals surface area contributed by atoms with E-state index in [9.17, 15) is 13.8 Å². The second-order valence-corrected chi connectivity index (χ2v) is 4.67. The minimum absolute atomic E-state index is 0. The molecule has 11 heavy (non-hydrogen) atoms. The molecule has 0 aliphatic carbocycles. The van der Waals surface area contributed by atoms with Crippen molar-refractivity contribution in [1.82, 2.24) is 0 Å². The Balaban J connectivity index is -0.000000405. The molecule has 0 aliphatic rings. The van der Waals surface area contributed by atoms with Gasteiger partial charge in [-0.15, -0.1) is 0 Å². The summed E-state index contributed by atoms with van der Waals surface area (Å²) in [5.41, 5.74) is -0.501. The van der Waals surface area contributed by atoms with Crippen LogP contribution in [0.25, 0.3) is 0 Å². The van der Waals surface area contributed by atoms with Crippen LogP contribution in [-0.2, 0) is 19.2 Å². The van der Waals surface area contributed by atoms with Gasteiger partial charge < -0.3 is 10.5 Å². The molecule has 0 aromatic rings. The third-order valence-electron chi connectivity index (χ3n) is 0.668. The molecule has 0 saturated carbocycles. The number of hydrogen-bond donors (Lipinski definition) is 2. The van der Waals surface area contributed by atoms with Gasteiger partial charge in [-0.25, -0.2) is 4.21 Å². The van der Waals surface area contributed by atoms with Crippen molar-refractivity contribution in [2.45, 2.75) is 6.92 Å². The fourth-order valence-electron chi connectivity index (χ4n) is 0.416. The third-order valence-corrected chi connectivity index (χ3v) is 2.00. The number of carbonyl (C=O) groups excluding carboxylic acids is 2. The summed E-state index contributed by atoms with van der Waals surface area (Å²) in [6, 6.07) is 0. The van der Waals surface area contributed by atoms with Crippen LogP contribution < -0.4 is 29.6 Å². The summed E-state index contributed by atoms with van der Waals surface area (Å²) < 4.78 is 27.4. The van der Waals surface area contributed by atoms with Crippen LogP contribution in [0.4, 0.5) is 0 Å². The topological polar surface area (TPSA) is 91.7 Å². The predicted molar refractivity (Wildman–Crippen MR) is 36.8 cm³/mol. The minimum Gasteiger partial charge on any atom is -1.00 e. The van der Waals surface area contributed by atoms with Gasteiger partial charge in [0.05, 0.1) is 0 Å². The van der Waals surface area contributed by atoms with Gasteiger partial charge in [-0.1, -0.05) is 0 Å². The van der Waals surface area contributed by atoms with Gasteiger partial charge in [0.2, 0.25) is 5.62 Å². The minimum atomic E-state index is -5.25. The van der Waals surface area contributed by atoms with E-state index in [2.05, 4.69) is 0 Å². The molecule has 0 unspecified atom stereocenters. The van der Waals surface area contributed by atoms with Gasteiger partial charge >= 0.3 is 29.6 Å². The summed E-state index contributed by atoms with van der Waals surface area (Å²) in [5, 5.41) is 0. The van der Waals surface area contributed by atoms with Crippen LogP contribution in [0.3, 0.4) is 0 Å².